The van der Waals surface area contributed by atoms with Gasteiger partial charge in [0.1, 0.15) is 12.6 Å². The summed E-state index contributed by atoms with van der Waals surface area (Å²) < 4.78 is 26.7. The molecule has 0 aromatic heterocycles. The molecule has 0 saturated carbocycles. The van der Waals surface area contributed by atoms with Gasteiger partial charge in [-0.05, 0) is 49.2 Å². The summed E-state index contributed by atoms with van der Waals surface area (Å²) in [5, 5.41) is 3.46. The van der Waals surface area contributed by atoms with Crippen LogP contribution in [0.4, 0.5) is 5.69 Å². The van der Waals surface area contributed by atoms with Crippen LogP contribution in [0.5, 0.6) is 0 Å². The Bertz CT molecular complexity index is 1110. The Morgan fingerprint density at radius 3 is 2.39 bits per heavy atom. The number of carbonyl (C=O) groups excluding carboxylic acids is 2. The SMILES string of the molecule is CCCNC(=O)C(C)N(Cc1ccc(Cl)c(Cl)c1)C(=O)CN(c1cccc(Br)c1)S(C)(=O)=O. The molecule has 0 radical (unpaired) electrons. The van der Waals surface area contributed by atoms with Crippen molar-refractivity contribution in [2.75, 3.05) is 23.7 Å². The van der Waals surface area contributed by atoms with E-state index in [9.17, 15) is 18.0 Å². The first-order valence-corrected chi connectivity index (χ1v) is 13.6. The largest absolute Gasteiger partial charge is 0.354 e. The van der Waals surface area contributed by atoms with Gasteiger partial charge in [0.25, 0.3) is 0 Å². The van der Waals surface area contributed by atoms with Gasteiger partial charge in [-0.1, -0.05) is 58.2 Å². The molecule has 7 nitrogen and oxygen atoms in total. The van der Waals surface area contributed by atoms with Crippen molar-refractivity contribution in [3.05, 3.63) is 62.5 Å². The van der Waals surface area contributed by atoms with Gasteiger partial charge in [0.2, 0.25) is 21.8 Å². The molecule has 0 aliphatic carbocycles. The van der Waals surface area contributed by atoms with Gasteiger partial charge in [-0.2, -0.15) is 0 Å². The van der Waals surface area contributed by atoms with E-state index in [1.165, 1.54) is 4.90 Å². The molecule has 0 heterocycles. The van der Waals surface area contributed by atoms with Crippen molar-refractivity contribution in [2.24, 2.45) is 0 Å². The van der Waals surface area contributed by atoms with Crippen LogP contribution in [0.15, 0.2) is 46.9 Å². The van der Waals surface area contributed by atoms with Gasteiger partial charge < -0.3 is 10.2 Å². The zero-order valence-electron chi connectivity index (χ0n) is 18.5. The van der Waals surface area contributed by atoms with Crippen molar-refractivity contribution < 1.29 is 18.0 Å². The second kappa shape index (κ2) is 12.1. The van der Waals surface area contributed by atoms with E-state index in [-0.39, 0.29) is 12.5 Å². The number of halogens is 3. The van der Waals surface area contributed by atoms with Gasteiger partial charge in [0.15, 0.2) is 0 Å². The maximum Gasteiger partial charge on any atom is 0.244 e. The number of anilines is 1. The number of nitrogens with one attached hydrogen (secondary N) is 1. The minimum absolute atomic E-state index is 0.0481. The third-order valence-electron chi connectivity index (χ3n) is 4.83. The van der Waals surface area contributed by atoms with Crippen LogP contribution in [0.1, 0.15) is 25.8 Å². The van der Waals surface area contributed by atoms with Crippen LogP contribution >= 0.6 is 39.1 Å². The number of benzene rings is 2. The Kier molecular flexibility index (Phi) is 10.0. The van der Waals surface area contributed by atoms with Crippen LogP contribution in [0, 0.1) is 0 Å². The van der Waals surface area contributed by atoms with Gasteiger partial charge in [0, 0.05) is 17.6 Å². The van der Waals surface area contributed by atoms with Crippen molar-refractivity contribution in [3.63, 3.8) is 0 Å². The monoisotopic (exact) mass is 577 g/mol. The number of amides is 2. The van der Waals surface area contributed by atoms with Crippen LogP contribution in [0.25, 0.3) is 0 Å². The smallest absolute Gasteiger partial charge is 0.244 e. The fraction of sp³-hybridized carbons (Fsp3) is 0.364. The lowest BCUT2D eigenvalue weighted by Crippen LogP contribution is -2.51. The van der Waals surface area contributed by atoms with Crippen LogP contribution < -0.4 is 9.62 Å². The van der Waals surface area contributed by atoms with Crippen LogP contribution in [0.2, 0.25) is 10.0 Å². The lowest BCUT2D eigenvalue weighted by atomic mass is 10.1. The summed E-state index contributed by atoms with van der Waals surface area (Å²) in [6, 6.07) is 10.7. The van der Waals surface area contributed by atoms with Gasteiger partial charge in [-0.25, -0.2) is 8.42 Å². The predicted molar refractivity (Wildman–Crippen MR) is 136 cm³/mol. The van der Waals surface area contributed by atoms with Crippen molar-refractivity contribution in [1.82, 2.24) is 10.2 Å². The minimum atomic E-state index is -3.78. The highest BCUT2D eigenvalue weighted by atomic mass is 79.9. The Hall–Kier alpha value is -1.81. The highest BCUT2D eigenvalue weighted by molar-refractivity contribution is 9.10. The maximum absolute atomic E-state index is 13.4. The van der Waals surface area contributed by atoms with E-state index in [2.05, 4.69) is 21.2 Å². The molecule has 0 bridgehead atoms. The summed E-state index contributed by atoms with van der Waals surface area (Å²) in [5.41, 5.74) is 0.985. The zero-order chi connectivity index (χ0) is 24.8. The van der Waals surface area contributed by atoms with E-state index in [4.69, 9.17) is 23.2 Å². The van der Waals surface area contributed by atoms with Gasteiger partial charge >= 0.3 is 0 Å². The van der Waals surface area contributed by atoms with E-state index >= 15 is 0 Å². The highest BCUT2D eigenvalue weighted by Crippen LogP contribution is 2.25. The molecule has 0 aliphatic heterocycles. The highest BCUT2D eigenvalue weighted by Gasteiger charge is 2.30. The Morgan fingerprint density at radius 2 is 1.82 bits per heavy atom. The summed E-state index contributed by atoms with van der Waals surface area (Å²) >= 11 is 15.4. The van der Waals surface area contributed by atoms with Crippen LogP contribution in [-0.2, 0) is 26.2 Å². The van der Waals surface area contributed by atoms with Gasteiger partial charge in [-0.15, -0.1) is 0 Å². The summed E-state index contributed by atoms with van der Waals surface area (Å²) in [7, 11) is -3.78. The second-order valence-electron chi connectivity index (χ2n) is 7.49. The molecular formula is C22H26BrCl2N3O4S. The summed E-state index contributed by atoms with van der Waals surface area (Å²) in [4.78, 5) is 27.4. The van der Waals surface area contributed by atoms with Crippen LogP contribution in [-0.4, -0.2) is 50.5 Å². The first-order valence-electron chi connectivity index (χ1n) is 10.2. The Morgan fingerprint density at radius 1 is 1.12 bits per heavy atom. The molecular weight excluding hydrogens is 553 g/mol. The number of carbonyl (C=O) groups is 2. The number of nitrogens with zero attached hydrogens (tertiary/aromatic N) is 2. The number of rotatable bonds is 10. The molecule has 0 aliphatic rings. The first kappa shape index (κ1) is 27.4. The molecule has 1 N–H and O–H groups in total. The minimum Gasteiger partial charge on any atom is -0.354 e. The van der Waals surface area contributed by atoms with E-state index in [1.807, 2.05) is 6.92 Å². The molecule has 1 unspecified atom stereocenters. The van der Waals surface area contributed by atoms with Gasteiger partial charge in [0.05, 0.1) is 22.0 Å². The lowest BCUT2D eigenvalue weighted by molar-refractivity contribution is -0.139. The Balaban J connectivity index is 2.39. The molecule has 11 heteroatoms. The fourth-order valence-corrected chi connectivity index (χ4v) is 4.61. The Labute approximate surface area is 213 Å². The number of sulfonamides is 1. The molecule has 33 heavy (non-hydrogen) atoms. The molecule has 2 aromatic carbocycles. The zero-order valence-corrected chi connectivity index (χ0v) is 22.4. The summed E-state index contributed by atoms with van der Waals surface area (Å²) in [6.07, 6.45) is 1.77. The molecule has 0 saturated heterocycles. The maximum atomic E-state index is 13.4. The summed E-state index contributed by atoms with van der Waals surface area (Å²) in [5.74, 6) is -0.871. The molecule has 1 atom stereocenters. The lowest BCUT2D eigenvalue weighted by Gasteiger charge is -2.31. The molecule has 0 spiro atoms. The van der Waals surface area contributed by atoms with Crippen molar-refractivity contribution >= 4 is 66.7 Å². The molecule has 2 aromatic rings. The van der Waals surface area contributed by atoms with Crippen molar-refractivity contribution in [1.29, 1.82) is 0 Å². The summed E-state index contributed by atoms with van der Waals surface area (Å²) in [6.45, 7) is 3.57. The average molecular weight is 579 g/mol. The number of hydrogen-bond acceptors (Lipinski definition) is 4. The second-order valence-corrected chi connectivity index (χ2v) is 11.1. The third-order valence-corrected chi connectivity index (χ3v) is 7.20. The van der Waals surface area contributed by atoms with E-state index in [1.54, 1.807) is 49.4 Å². The standard InChI is InChI=1S/C22H26BrCl2N3O4S/c1-4-10-26-22(30)15(2)27(13-16-8-9-19(24)20(25)11-16)21(29)14-28(33(3,31)32)18-7-5-6-17(23)12-18/h5-9,11-12,15H,4,10,13-14H2,1-3H3,(H,26,30). The topological polar surface area (TPSA) is 86.8 Å². The fourth-order valence-electron chi connectivity index (χ4n) is 3.06. The van der Waals surface area contributed by atoms with E-state index < -0.39 is 28.5 Å². The molecule has 2 amide bonds. The first-order chi connectivity index (χ1) is 15.4. The van der Waals surface area contributed by atoms with Crippen LogP contribution in [0.3, 0.4) is 0 Å². The van der Waals surface area contributed by atoms with E-state index in [0.717, 1.165) is 17.0 Å². The number of hydrogen-bond donors (Lipinski definition) is 1. The van der Waals surface area contributed by atoms with Gasteiger partial charge in [-0.3, -0.25) is 13.9 Å². The average Bonchev–Trinajstić information content (AvgIpc) is 2.75. The molecule has 0 fully saturated rings. The normalized spacial score (nSPS) is 12.2. The third kappa shape index (κ3) is 7.88. The van der Waals surface area contributed by atoms with Crippen molar-refractivity contribution in [3.8, 4) is 0 Å². The molecule has 180 valence electrons. The molecule has 2 rings (SSSR count). The van der Waals surface area contributed by atoms with Crippen molar-refractivity contribution in [2.45, 2.75) is 32.9 Å². The van der Waals surface area contributed by atoms with E-state index in [0.29, 0.717) is 32.3 Å². The quantitative estimate of drug-likeness (QED) is 0.451. The predicted octanol–water partition coefficient (Wildman–Crippen LogP) is 4.47.